The number of imide groups is 1. The molecule has 30 heavy (non-hydrogen) atoms. The van der Waals surface area contributed by atoms with Crippen LogP contribution in [0.15, 0.2) is 46.1 Å². The molecule has 0 unspecified atom stereocenters. The van der Waals surface area contributed by atoms with Gasteiger partial charge in [-0.2, -0.15) is 0 Å². The van der Waals surface area contributed by atoms with Crippen molar-refractivity contribution >= 4 is 23.4 Å². The topological polar surface area (TPSA) is 124 Å². The van der Waals surface area contributed by atoms with E-state index in [9.17, 15) is 19.5 Å². The largest absolute Gasteiger partial charge is 0.505 e. The summed E-state index contributed by atoms with van der Waals surface area (Å²) in [4.78, 5) is 38.3. The number of aromatic hydroxyl groups is 1. The highest BCUT2D eigenvalue weighted by atomic mass is 16.3. The quantitative estimate of drug-likeness (QED) is 0.405. The summed E-state index contributed by atoms with van der Waals surface area (Å²) < 4.78 is 5.64. The van der Waals surface area contributed by atoms with E-state index in [4.69, 9.17) is 4.42 Å². The summed E-state index contributed by atoms with van der Waals surface area (Å²) in [6, 6.07) is 7.84. The molecule has 1 atom stereocenters. The number of furan rings is 1. The first kappa shape index (κ1) is 21.0. The maximum Gasteiger partial charge on any atom is 0.276 e. The van der Waals surface area contributed by atoms with E-state index >= 15 is 0 Å². The Labute approximate surface area is 173 Å². The van der Waals surface area contributed by atoms with Crippen LogP contribution in [0.25, 0.3) is 0 Å². The number of para-hydroxylation sites is 1. The molecule has 158 valence electrons. The van der Waals surface area contributed by atoms with Gasteiger partial charge in [-0.25, -0.2) is 0 Å². The maximum atomic E-state index is 12.4. The van der Waals surface area contributed by atoms with Gasteiger partial charge in [-0.1, -0.05) is 13.0 Å². The summed E-state index contributed by atoms with van der Waals surface area (Å²) >= 11 is 0. The van der Waals surface area contributed by atoms with Gasteiger partial charge in [0.25, 0.3) is 17.7 Å². The molecule has 3 rings (SSSR count). The lowest BCUT2D eigenvalue weighted by Gasteiger charge is -2.18. The van der Waals surface area contributed by atoms with E-state index < -0.39 is 17.7 Å². The van der Waals surface area contributed by atoms with Crippen LogP contribution in [0, 0.1) is 6.92 Å². The molecule has 0 spiro atoms. The fraction of sp³-hybridized carbons (Fsp3) is 0.286. The molecule has 0 bridgehead atoms. The molecule has 1 aromatic heterocycles. The number of aryl methyl sites for hydroxylation is 1. The molecule has 1 aliphatic heterocycles. The Balaban J connectivity index is 1.95. The van der Waals surface area contributed by atoms with Gasteiger partial charge in [0, 0.05) is 14.1 Å². The highest BCUT2D eigenvalue weighted by Crippen LogP contribution is 2.31. The van der Waals surface area contributed by atoms with Gasteiger partial charge in [-0.05, 0) is 37.6 Å². The average molecular weight is 412 g/mol. The molecule has 9 heteroatoms. The molecule has 4 N–H and O–H groups in total. The van der Waals surface area contributed by atoms with E-state index in [1.54, 1.807) is 26.2 Å². The van der Waals surface area contributed by atoms with E-state index in [2.05, 4.69) is 16.0 Å². The fourth-order valence-electron chi connectivity index (χ4n) is 3.09. The van der Waals surface area contributed by atoms with Crippen molar-refractivity contribution in [3.05, 3.63) is 58.8 Å². The van der Waals surface area contributed by atoms with Crippen molar-refractivity contribution in [1.82, 2.24) is 15.5 Å². The lowest BCUT2D eigenvalue weighted by atomic mass is 10.1. The highest BCUT2D eigenvalue weighted by Gasteiger charge is 2.33. The molecule has 0 aliphatic carbocycles. The lowest BCUT2D eigenvalue weighted by molar-refractivity contribution is -0.124. The number of amides is 3. The van der Waals surface area contributed by atoms with Crippen LogP contribution in [0.2, 0.25) is 0 Å². The van der Waals surface area contributed by atoms with Crippen LogP contribution in [0.1, 0.15) is 41.3 Å². The third-order valence-corrected chi connectivity index (χ3v) is 4.69. The zero-order chi connectivity index (χ0) is 22.0. The number of carbonyl (C=O) groups is 3. The second kappa shape index (κ2) is 8.32. The first-order valence-corrected chi connectivity index (χ1v) is 9.46. The molecule has 0 saturated heterocycles. The van der Waals surface area contributed by atoms with Gasteiger partial charge in [0.05, 0.1) is 17.3 Å². The third kappa shape index (κ3) is 4.00. The average Bonchev–Trinajstić information content (AvgIpc) is 3.24. The van der Waals surface area contributed by atoms with Gasteiger partial charge in [0.15, 0.2) is 5.75 Å². The van der Waals surface area contributed by atoms with Gasteiger partial charge in [0.2, 0.25) is 0 Å². The summed E-state index contributed by atoms with van der Waals surface area (Å²) in [5.41, 5.74) is 0.183. The van der Waals surface area contributed by atoms with Crippen LogP contribution < -0.4 is 16.0 Å². The molecule has 9 nitrogen and oxygen atoms in total. The molecule has 0 fully saturated rings. The number of anilines is 1. The smallest absolute Gasteiger partial charge is 0.276 e. The Morgan fingerprint density at radius 3 is 2.47 bits per heavy atom. The SMILES string of the molecule is CC[C@H](NC1=C(Nc2cccc(C(=O)N(C)C)c2O)C(=O)NC1=O)c1ccc(C)o1. The first-order chi connectivity index (χ1) is 14.2. The summed E-state index contributed by atoms with van der Waals surface area (Å²) in [5, 5.41) is 18.6. The zero-order valence-electron chi connectivity index (χ0n) is 17.2. The van der Waals surface area contributed by atoms with Crippen molar-refractivity contribution in [3.8, 4) is 5.75 Å². The summed E-state index contributed by atoms with van der Waals surface area (Å²) in [7, 11) is 3.13. The van der Waals surface area contributed by atoms with Gasteiger partial charge in [0.1, 0.15) is 22.9 Å². The van der Waals surface area contributed by atoms with E-state index in [-0.39, 0.29) is 34.4 Å². The summed E-state index contributed by atoms with van der Waals surface area (Å²) in [6.45, 7) is 3.74. The van der Waals surface area contributed by atoms with Crippen molar-refractivity contribution in [1.29, 1.82) is 0 Å². The molecule has 2 aromatic rings. The Morgan fingerprint density at radius 2 is 1.87 bits per heavy atom. The normalized spacial score (nSPS) is 14.5. The number of phenolic OH excluding ortho intramolecular Hbond substituents is 1. The first-order valence-electron chi connectivity index (χ1n) is 9.46. The second-order valence-electron chi connectivity index (χ2n) is 7.11. The van der Waals surface area contributed by atoms with Gasteiger partial charge >= 0.3 is 0 Å². The van der Waals surface area contributed by atoms with Crippen molar-refractivity contribution in [2.24, 2.45) is 0 Å². The summed E-state index contributed by atoms with van der Waals surface area (Å²) in [6.07, 6.45) is 0.600. The Bertz CT molecular complexity index is 1040. The predicted octanol–water partition coefficient (Wildman–Crippen LogP) is 2.02. The number of carbonyl (C=O) groups excluding carboxylic acids is 3. The van der Waals surface area contributed by atoms with Gasteiger partial charge < -0.3 is 25.1 Å². The Morgan fingerprint density at radius 1 is 1.17 bits per heavy atom. The fourth-order valence-corrected chi connectivity index (χ4v) is 3.09. The minimum atomic E-state index is -0.642. The molecular formula is C21H24N4O5. The predicted molar refractivity (Wildman–Crippen MR) is 110 cm³/mol. The van der Waals surface area contributed by atoms with Crippen molar-refractivity contribution in [2.75, 3.05) is 19.4 Å². The molecule has 2 heterocycles. The molecule has 0 saturated carbocycles. The van der Waals surface area contributed by atoms with Crippen molar-refractivity contribution < 1.29 is 23.9 Å². The monoisotopic (exact) mass is 412 g/mol. The second-order valence-corrected chi connectivity index (χ2v) is 7.11. The maximum absolute atomic E-state index is 12.4. The number of hydrogen-bond donors (Lipinski definition) is 4. The van der Waals surface area contributed by atoms with E-state index in [0.29, 0.717) is 12.2 Å². The number of rotatable bonds is 7. The molecule has 1 aliphatic rings. The minimum absolute atomic E-state index is 0.0321. The van der Waals surface area contributed by atoms with E-state index in [1.165, 1.54) is 17.0 Å². The molecule has 3 amide bonds. The van der Waals surface area contributed by atoms with E-state index in [1.807, 2.05) is 19.9 Å². The van der Waals surface area contributed by atoms with Crippen molar-refractivity contribution in [2.45, 2.75) is 26.3 Å². The Kier molecular flexibility index (Phi) is 5.81. The molecule has 1 aromatic carbocycles. The Hall–Kier alpha value is -3.75. The standard InChI is InChI=1S/C21H24N4O5/c1-5-13(15-10-9-11(2)30-15)22-16-17(20(28)24-19(16)27)23-14-8-6-7-12(18(14)26)21(29)25(3)4/h6-10,13,26H,5H2,1-4H3,(H3,22,23,24,27,28)/t13-/m0/s1. The zero-order valence-corrected chi connectivity index (χ0v) is 17.2. The highest BCUT2D eigenvalue weighted by molar-refractivity contribution is 6.20. The van der Waals surface area contributed by atoms with Crippen LogP contribution in [0.5, 0.6) is 5.75 Å². The van der Waals surface area contributed by atoms with Crippen molar-refractivity contribution in [3.63, 3.8) is 0 Å². The van der Waals surface area contributed by atoms with Crippen LogP contribution in [-0.4, -0.2) is 41.8 Å². The third-order valence-electron chi connectivity index (χ3n) is 4.69. The van der Waals surface area contributed by atoms with Gasteiger partial charge in [-0.15, -0.1) is 0 Å². The van der Waals surface area contributed by atoms with Gasteiger partial charge in [-0.3, -0.25) is 19.7 Å². The van der Waals surface area contributed by atoms with E-state index in [0.717, 1.165) is 5.76 Å². The molecule has 0 radical (unpaired) electrons. The number of nitrogens with zero attached hydrogens (tertiary/aromatic N) is 1. The number of nitrogens with one attached hydrogen (secondary N) is 3. The van der Waals surface area contributed by atoms with Crippen LogP contribution >= 0.6 is 0 Å². The number of hydrogen-bond acceptors (Lipinski definition) is 7. The lowest BCUT2D eigenvalue weighted by Crippen LogP contribution is -2.29. The van der Waals surface area contributed by atoms with Crippen LogP contribution in [0.4, 0.5) is 5.69 Å². The van der Waals surface area contributed by atoms with Crippen LogP contribution in [0.3, 0.4) is 0 Å². The number of phenols is 1. The molecular weight excluding hydrogens is 388 g/mol. The van der Waals surface area contributed by atoms with Crippen LogP contribution in [-0.2, 0) is 9.59 Å². The number of benzene rings is 1. The summed E-state index contributed by atoms with van der Waals surface area (Å²) in [5.74, 6) is -0.577. The minimum Gasteiger partial charge on any atom is -0.505 e.